The van der Waals surface area contributed by atoms with Crippen LogP contribution in [-0.4, -0.2) is 27.2 Å². The van der Waals surface area contributed by atoms with E-state index >= 15 is 0 Å². The first-order valence-electron chi connectivity index (χ1n) is 5.34. The predicted octanol–water partition coefficient (Wildman–Crippen LogP) is 1.19. The molecule has 86 valence electrons. The molecule has 0 aliphatic carbocycles. The maximum absolute atomic E-state index is 8.77. The molecule has 1 aromatic rings. The van der Waals surface area contributed by atoms with Crippen LogP contribution >= 0.6 is 0 Å². The maximum Gasteiger partial charge on any atom is 0.101 e. The fourth-order valence-corrected chi connectivity index (χ4v) is 1.51. The van der Waals surface area contributed by atoms with Gasteiger partial charge in [-0.15, -0.1) is 0 Å². The highest BCUT2D eigenvalue weighted by atomic mass is 15.1. The number of hydrogen-bond acceptors (Lipinski definition) is 4. The van der Waals surface area contributed by atoms with Crippen molar-refractivity contribution in [1.29, 1.82) is 5.26 Å². The van der Waals surface area contributed by atoms with Crippen molar-refractivity contribution in [3.05, 3.63) is 23.8 Å². The summed E-state index contributed by atoms with van der Waals surface area (Å²) in [5.41, 5.74) is 7.89. The third-order valence-corrected chi connectivity index (χ3v) is 2.52. The van der Waals surface area contributed by atoms with E-state index in [1.54, 1.807) is 6.07 Å². The Hall–Kier alpha value is -1.73. The van der Waals surface area contributed by atoms with E-state index in [0.29, 0.717) is 11.3 Å². The summed E-state index contributed by atoms with van der Waals surface area (Å²) < 4.78 is 0. The Kier molecular flexibility index (Phi) is 4.62. The van der Waals surface area contributed by atoms with Gasteiger partial charge < -0.3 is 16.0 Å². The smallest absolute Gasteiger partial charge is 0.101 e. The van der Waals surface area contributed by atoms with Crippen LogP contribution in [0.25, 0.3) is 0 Å². The van der Waals surface area contributed by atoms with Gasteiger partial charge in [-0.05, 0) is 38.2 Å². The molecule has 1 aromatic carbocycles. The molecule has 0 aromatic heterocycles. The standard InChI is InChI=1S/C12H18N4/c1-15-6-3-7-16(2)11-5-4-10(9-13)12(14)8-11/h4-5,8,15H,3,6-7,14H2,1-2H3. The SMILES string of the molecule is CNCCCN(C)c1ccc(C#N)c(N)c1. The zero-order valence-corrected chi connectivity index (χ0v) is 9.83. The van der Waals surface area contributed by atoms with E-state index in [9.17, 15) is 0 Å². The third-order valence-electron chi connectivity index (χ3n) is 2.52. The average molecular weight is 218 g/mol. The van der Waals surface area contributed by atoms with Gasteiger partial charge in [0.2, 0.25) is 0 Å². The molecule has 16 heavy (non-hydrogen) atoms. The van der Waals surface area contributed by atoms with Crippen LogP contribution in [0.1, 0.15) is 12.0 Å². The molecule has 0 fully saturated rings. The highest BCUT2D eigenvalue weighted by Crippen LogP contribution is 2.19. The van der Waals surface area contributed by atoms with Crippen molar-refractivity contribution in [2.75, 3.05) is 37.8 Å². The van der Waals surface area contributed by atoms with E-state index in [1.165, 1.54) is 0 Å². The molecule has 0 amide bonds. The number of hydrogen-bond donors (Lipinski definition) is 2. The second-order valence-corrected chi connectivity index (χ2v) is 3.76. The van der Waals surface area contributed by atoms with E-state index in [0.717, 1.165) is 25.2 Å². The van der Waals surface area contributed by atoms with Gasteiger partial charge in [0.25, 0.3) is 0 Å². The van der Waals surface area contributed by atoms with Crippen molar-refractivity contribution < 1.29 is 0 Å². The molecular formula is C12H18N4. The van der Waals surface area contributed by atoms with Crippen LogP contribution in [0.15, 0.2) is 18.2 Å². The van der Waals surface area contributed by atoms with Gasteiger partial charge in [-0.2, -0.15) is 5.26 Å². The molecule has 1 rings (SSSR count). The largest absolute Gasteiger partial charge is 0.398 e. The number of nitrogens with one attached hydrogen (secondary N) is 1. The summed E-state index contributed by atoms with van der Waals surface area (Å²) in [7, 11) is 3.97. The molecule has 0 spiro atoms. The minimum Gasteiger partial charge on any atom is -0.398 e. The Morgan fingerprint density at radius 2 is 2.25 bits per heavy atom. The highest BCUT2D eigenvalue weighted by Gasteiger charge is 2.03. The molecule has 0 atom stereocenters. The first-order chi connectivity index (χ1) is 7.69. The molecule has 0 bridgehead atoms. The lowest BCUT2D eigenvalue weighted by Gasteiger charge is -2.19. The monoisotopic (exact) mass is 218 g/mol. The molecule has 4 nitrogen and oxygen atoms in total. The van der Waals surface area contributed by atoms with Crippen LogP contribution in [0.2, 0.25) is 0 Å². The van der Waals surface area contributed by atoms with Gasteiger partial charge in [-0.25, -0.2) is 0 Å². The van der Waals surface area contributed by atoms with Crippen molar-refractivity contribution in [3.8, 4) is 6.07 Å². The average Bonchev–Trinajstić information content (AvgIpc) is 2.29. The topological polar surface area (TPSA) is 65.1 Å². The molecule has 0 unspecified atom stereocenters. The minimum absolute atomic E-state index is 0.535. The summed E-state index contributed by atoms with van der Waals surface area (Å²) in [4.78, 5) is 2.13. The molecule has 0 saturated heterocycles. The quantitative estimate of drug-likeness (QED) is 0.575. The highest BCUT2D eigenvalue weighted by molar-refractivity contribution is 5.63. The van der Waals surface area contributed by atoms with Gasteiger partial charge in [-0.3, -0.25) is 0 Å². The van der Waals surface area contributed by atoms with Crippen molar-refractivity contribution in [2.45, 2.75) is 6.42 Å². The summed E-state index contributed by atoms with van der Waals surface area (Å²) >= 11 is 0. The zero-order chi connectivity index (χ0) is 12.0. The fourth-order valence-electron chi connectivity index (χ4n) is 1.51. The van der Waals surface area contributed by atoms with Gasteiger partial charge in [0.15, 0.2) is 0 Å². The van der Waals surface area contributed by atoms with Crippen molar-refractivity contribution in [1.82, 2.24) is 5.32 Å². The number of nitriles is 1. The number of rotatable bonds is 5. The van der Waals surface area contributed by atoms with Crippen molar-refractivity contribution in [2.24, 2.45) is 0 Å². The van der Waals surface area contributed by atoms with E-state index in [4.69, 9.17) is 11.0 Å². The van der Waals surface area contributed by atoms with E-state index in [1.807, 2.05) is 26.2 Å². The molecule has 0 heterocycles. The number of nitrogens with zero attached hydrogens (tertiary/aromatic N) is 2. The van der Waals surface area contributed by atoms with Gasteiger partial charge >= 0.3 is 0 Å². The first kappa shape index (κ1) is 12.3. The summed E-state index contributed by atoms with van der Waals surface area (Å²) in [5, 5.41) is 11.9. The second kappa shape index (κ2) is 5.99. The lowest BCUT2D eigenvalue weighted by Crippen LogP contribution is -2.22. The van der Waals surface area contributed by atoms with E-state index in [-0.39, 0.29) is 0 Å². The Morgan fingerprint density at radius 1 is 1.50 bits per heavy atom. The normalized spacial score (nSPS) is 9.81. The number of anilines is 2. The molecule has 0 aliphatic rings. The Balaban J connectivity index is 2.66. The second-order valence-electron chi connectivity index (χ2n) is 3.76. The molecule has 0 saturated carbocycles. The molecule has 0 aliphatic heterocycles. The summed E-state index contributed by atoms with van der Waals surface area (Å²) in [6.07, 6.45) is 1.08. The summed E-state index contributed by atoms with van der Waals surface area (Å²) in [5.74, 6) is 0. The van der Waals surface area contributed by atoms with Crippen LogP contribution < -0.4 is 16.0 Å². The Bertz CT molecular complexity index is 381. The third kappa shape index (κ3) is 3.14. The van der Waals surface area contributed by atoms with Gasteiger partial charge in [0, 0.05) is 19.3 Å². The lowest BCUT2D eigenvalue weighted by molar-refractivity contribution is 0.713. The zero-order valence-electron chi connectivity index (χ0n) is 9.83. The minimum atomic E-state index is 0.535. The number of nitrogen functional groups attached to an aromatic ring is 1. The maximum atomic E-state index is 8.77. The number of nitrogens with two attached hydrogens (primary N) is 1. The van der Waals surface area contributed by atoms with Crippen LogP contribution in [0.5, 0.6) is 0 Å². The molecule has 4 heteroatoms. The molecular weight excluding hydrogens is 200 g/mol. The molecule has 0 radical (unpaired) electrons. The van der Waals surface area contributed by atoms with Crippen molar-refractivity contribution >= 4 is 11.4 Å². The van der Waals surface area contributed by atoms with E-state index < -0.39 is 0 Å². The predicted molar refractivity (Wildman–Crippen MR) is 67.4 cm³/mol. The Labute approximate surface area is 96.7 Å². The lowest BCUT2D eigenvalue weighted by atomic mass is 10.1. The fraction of sp³-hybridized carbons (Fsp3) is 0.417. The van der Waals surface area contributed by atoms with E-state index in [2.05, 4.69) is 16.3 Å². The summed E-state index contributed by atoms with van der Waals surface area (Å²) in [6.45, 7) is 1.96. The van der Waals surface area contributed by atoms with Crippen LogP contribution in [0.3, 0.4) is 0 Å². The van der Waals surface area contributed by atoms with Gasteiger partial charge in [-0.1, -0.05) is 0 Å². The summed E-state index contributed by atoms with van der Waals surface area (Å²) in [6, 6.07) is 7.59. The van der Waals surface area contributed by atoms with Gasteiger partial charge in [0.05, 0.1) is 11.3 Å². The first-order valence-corrected chi connectivity index (χ1v) is 5.34. The molecule has 3 N–H and O–H groups in total. The van der Waals surface area contributed by atoms with Crippen LogP contribution in [0.4, 0.5) is 11.4 Å². The van der Waals surface area contributed by atoms with Gasteiger partial charge in [0.1, 0.15) is 6.07 Å². The van der Waals surface area contributed by atoms with Crippen LogP contribution in [-0.2, 0) is 0 Å². The van der Waals surface area contributed by atoms with Crippen LogP contribution in [0, 0.1) is 11.3 Å². The van der Waals surface area contributed by atoms with Crippen molar-refractivity contribution in [3.63, 3.8) is 0 Å². The Morgan fingerprint density at radius 3 is 2.81 bits per heavy atom. The number of benzene rings is 1.